The van der Waals surface area contributed by atoms with Gasteiger partial charge in [-0.25, -0.2) is 0 Å². The summed E-state index contributed by atoms with van der Waals surface area (Å²) in [7, 11) is 0. The summed E-state index contributed by atoms with van der Waals surface area (Å²) in [5.41, 5.74) is -0.703. The Morgan fingerprint density at radius 1 is 1.41 bits per heavy atom. The third kappa shape index (κ3) is 2.51. The van der Waals surface area contributed by atoms with Crippen LogP contribution in [-0.4, -0.2) is 21.3 Å². The number of aromatic hydroxyl groups is 2. The maximum absolute atomic E-state index is 11.2. The fourth-order valence-electron chi connectivity index (χ4n) is 1.59. The van der Waals surface area contributed by atoms with Gasteiger partial charge in [0.1, 0.15) is 5.41 Å². The predicted molar refractivity (Wildman–Crippen MR) is 62.7 cm³/mol. The molecular weight excluding hydrogens is 220 g/mol. The molecule has 0 aliphatic carbocycles. The van der Waals surface area contributed by atoms with E-state index < -0.39 is 11.4 Å². The van der Waals surface area contributed by atoms with Crippen molar-refractivity contribution in [1.82, 2.24) is 0 Å². The van der Waals surface area contributed by atoms with Crippen LogP contribution in [0.25, 0.3) is 0 Å². The summed E-state index contributed by atoms with van der Waals surface area (Å²) >= 11 is 0. The SMILES string of the molecule is C#CC(CC)(Cc1ccc(O)c(O)c1)C(=O)O. The second-order valence-electron chi connectivity index (χ2n) is 3.88. The van der Waals surface area contributed by atoms with Gasteiger partial charge < -0.3 is 15.3 Å². The first kappa shape index (κ1) is 12.9. The first-order valence-corrected chi connectivity index (χ1v) is 5.17. The number of benzene rings is 1. The number of hydrogen-bond acceptors (Lipinski definition) is 3. The van der Waals surface area contributed by atoms with Crippen molar-refractivity contribution in [2.45, 2.75) is 19.8 Å². The summed E-state index contributed by atoms with van der Waals surface area (Å²) in [6.07, 6.45) is 5.70. The number of hydrogen-bond donors (Lipinski definition) is 3. The maximum Gasteiger partial charge on any atom is 0.322 e. The van der Waals surface area contributed by atoms with E-state index >= 15 is 0 Å². The van der Waals surface area contributed by atoms with Crippen LogP contribution in [0.1, 0.15) is 18.9 Å². The molecule has 0 saturated heterocycles. The number of carboxylic acids is 1. The molecular formula is C13H14O4. The monoisotopic (exact) mass is 234 g/mol. The molecule has 0 aliphatic rings. The molecule has 0 aliphatic heterocycles. The van der Waals surface area contributed by atoms with E-state index in [1.54, 1.807) is 13.0 Å². The zero-order chi connectivity index (χ0) is 13.1. The van der Waals surface area contributed by atoms with Gasteiger partial charge in [-0.05, 0) is 30.5 Å². The molecule has 0 saturated carbocycles. The van der Waals surface area contributed by atoms with Crippen LogP contribution in [0, 0.1) is 17.8 Å². The smallest absolute Gasteiger partial charge is 0.322 e. The molecule has 0 radical (unpaired) electrons. The van der Waals surface area contributed by atoms with Gasteiger partial charge in [0.15, 0.2) is 11.5 Å². The zero-order valence-electron chi connectivity index (χ0n) is 9.47. The van der Waals surface area contributed by atoms with E-state index in [2.05, 4.69) is 5.92 Å². The number of aliphatic carboxylic acids is 1. The number of rotatable bonds is 4. The van der Waals surface area contributed by atoms with Gasteiger partial charge >= 0.3 is 5.97 Å². The van der Waals surface area contributed by atoms with Gasteiger partial charge in [-0.2, -0.15) is 0 Å². The molecule has 17 heavy (non-hydrogen) atoms. The standard InChI is InChI=1S/C13H14O4/c1-3-13(4-2,12(16)17)8-9-5-6-10(14)11(15)7-9/h1,5-7,14-15H,4,8H2,2H3,(H,16,17). The number of phenols is 2. The first-order chi connectivity index (χ1) is 7.95. The molecule has 0 amide bonds. The topological polar surface area (TPSA) is 77.8 Å². The van der Waals surface area contributed by atoms with E-state index in [9.17, 15) is 9.90 Å². The molecule has 1 aromatic carbocycles. The summed E-state index contributed by atoms with van der Waals surface area (Å²) in [6, 6.07) is 4.17. The zero-order valence-corrected chi connectivity index (χ0v) is 9.47. The molecule has 3 N–H and O–H groups in total. The highest BCUT2D eigenvalue weighted by Crippen LogP contribution is 2.31. The quantitative estimate of drug-likeness (QED) is 0.548. The fraction of sp³-hybridized carbons (Fsp3) is 0.308. The van der Waals surface area contributed by atoms with Crippen molar-refractivity contribution in [1.29, 1.82) is 0 Å². The second kappa shape index (κ2) is 4.79. The van der Waals surface area contributed by atoms with E-state index in [1.165, 1.54) is 12.1 Å². The average Bonchev–Trinajstić information content (AvgIpc) is 2.30. The molecule has 90 valence electrons. The van der Waals surface area contributed by atoms with Crippen molar-refractivity contribution in [3.63, 3.8) is 0 Å². The lowest BCUT2D eigenvalue weighted by atomic mass is 9.80. The van der Waals surface area contributed by atoms with E-state index in [0.717, 1.165) is 0 Å². The average molecular weight is 234 g/mol. The van der Waals surface area contributed by atoms with Gasteiger partial charge in [0.25, 0.3) is 0 Å². The first-order valence-electron chi connectivity index (χ1n) is 5.17. The molecule has 0 aromatic heterocycles. The van der Waals surface area contributed by atoms with Crippen LogP contribution in [0.3, 0.4) is 0 Å². The molecule has 4 nitrogen and oxygen atoms in total. The Bertz CT molecular complexity index is 473. The highest BCUT2D eigenvalue weighted by atomic mass is 16.4. The predicted octanol–water partition coefficient (Wildman–Crippen LogP) is 1.75. The molecule has 1 atom stereocenters. The number of carboxylic acid groups (broad SMARTS) is 1. The highest BCUT2D eigenvalue weighted by Gasteiger charge is 2.34. The normalized spacial score (nSPS) is 13.6. The lowest BCUT2D eigenvalue weighted by Gasteiger charge is -2.22. The molecule has 0 bridgehead atoms. The Balaban J connectivity index is 3.07. The van der Waals surface area contributed by atoms with E-state index in [0.29, 0.717) is 12.0 Å². The van der Waals surface area contributed by atoms with Crippen molar-refractivity contribution >= 4 is 5.97 Å². The van der Waals surface area contributed by atoms with E-state index in [1.807, 2.05) is 0 Å². The van der Waals surface area contributed by atoms with Crippen LogP contribution in [0.15, 0.2) is 18.2 Å². The van der Waals surface area contributed by atoms with Crippen molar-refractivity contribution in [2.24, 2.45) is 5.41 Å². The largest absolute Gasteiger partial charge is 0.504 e. The molecule has 1 aromatic rings. The Labute approximate surface area is 99.5 Å². The third-order valence-corrected chi connectivity index (χ3v) is 2.83. The summed E-state index contributed by atoms with van der Waals surface area (Å²) in [5, 5.41) is 27.6. The Morgan fingerprint density at radius 2 is 2.06 bits per heavy atom. The Kier molecular flexibility index (Phi) is 3.64. The number of terminal acetylenes is 1. The minimum atomic E-state index is -1.27. The van der Waals surface area contributed by atoms with Gasteiger partial charge in [0.2, 0.25) is 0 Å². The third-order valence-electron chi connectivity index (χ3n) is 2.83. The van der Waals surface area contributed by atoms with Gasteiger partial charge in [0, 0.05) is 0 Å². The van der Waals surface area contributed by atoms with Gasteiger partial charge in [-0.1, -0.05) is 18.9 Å². The van der Waals surface area contributed by atoms with Crippen LogP contribution < -0.4 is 0 Å². The molecule has 4 heteroatoms. The summed E-state index contributed by atoms with van der Waals surface area (Å²) in [4.78, 5) is 11.2. The van der Waals surface area contributed by atoms with Crippen LogP contribution >= 0.6 is 0 Å². The summed E-state index contributed by atoms with van der Waals surface area (Å²) < 4.78 is 0. The lowest BCUT2D eigenvalue weighted by molar-refractivity contribution is -0.145. The van der Waals surface area contributed by atoms with Crippen LogP contribution in [0.4, 0.5) is 0 Å². The van der Waals surface area contributed by atoms with Crippen molar-refractivity contribution < 1.29 is 20.1 Å². The van der Waals surface area contributed by atoms with Crippen LogP contribution in [0.5, 0.6) is 11.5 Å². The van der Waals surface area contributed by atoms with Gasteiger partial charge in [0.05, 0.1) is 0 Å². The lowest BCUT2D eigenvalue weighted by Crippen LogP contribution is -2.31. The summed E-state index contributed by atoms with van der Waals surface area (Å²) in [5.74, 6) is 0.717. The van der Waals surface area contributed by atoms with Crippen LogP contribution in [-0.2, 0) is 11.2 Å². The fourth-order valence-corrected chi connectivity index (χ4v) is 1.59. The van der Waals surface area contributed by atoms with Gasteiger partial charge in [-0.15, -0.1) is 6.42 Å². The van der Waals surface area contributed by atoms with E-state index in [-0.39, 0.29) is 17.9 Å². The number of carbonyl (C=O) groups is 1. The Hall–Kier alpha value is -2.15. The minimum absolute atomic E-state index is 0.114. The molecule has 0 fully saturated rings. The summed E-state index contributed by atoms with van der Waals surface area (Å²) in [6.45, 7) is 1.70. The molecule has 1 unspecified atom stereocenters. The molecule has 0 heterocycles. The van der Waals surface area contributed by atoms with Crippen molar-refractivity contribution in [3.05, 3.63) is 23.8 Å². The Morgan fingerprint density at radius 3 is 2.47 bits per heavy atom. The van der Waals surface area contributed by atoms with Crippen molar-refractivity contribution in [2.75, 3.05) is 0 Å². The number of phenolic OH excluding ortho intramolecular Hbond substituents is 2. The molecule has 0 spiro atoms. The molecule has 1 rings (SSSR count). The maximum atomic E-state index is 11.2. The van der Waals surface area contributed by atoms with Crippen LogP contribution in [0.2, 0.25) is 0 Å². The second-order valence-corrected chi connectivity index (χ2v) is 3.88. The van der Waals surface area contributed by atoms with Crippen molar-refractivity contribution in [3.8, 4) is 23.8 Å². The van der Waals surface area contributed by atoms with E-state index in [4.69, 9.17) is 16.6 Å². The van der Waals surface area contributed by atoms with Gasteiger partial charge in [-0.3, -0.25) is 4.79 Å². The highest BCUT2D eigenvalue weighted by molar-refractivity contribution is 5.79. The minimum Gasteiger partial charge on any atom is -0.504 e.